The van der Waals surface area contributed by atoms with Gasteiger partial charge in [-0.25, -0.2) is 4.39 Å². The minimum atomic E-state index is -0.247. The predicted molar refractivity (Wildman–Crippen MR) is 103 cm³/mol. The van der Waals surface area contributed by atoms with Crippen LogP contribution >= 0.6 is 0 Å². The summed E-state index contributed by atoms with van der Waals surface area (Å²) in [5.74, 6) is -0.450. The van der Waals surface area contributed by atoms with Crippen molar-refractivity contribution in [1.82, 2.24) is 9.80 Å². The molecule has 2 amide bonds. The van der Waals surface area contributed by atoms with Crippen LogP contribution in [0.25, 0.3) is 0 Å². The van der Waals surface area contributed by atoms with Crippen LogP contribution in [0, 0.1) is 5.82 Å². The van der Waals surface area contributed by atoms with Crippen molar-refractivity contribution in [2.75, 3.05) is 37.6 Å². The molecule has 0 spiro atoms. The molecule has 3 rings (SSSR count). The summed E-state index contributed by atoms with van der Waals surface area (Å²) in [6, 6.07) is 16.3. The van der Waals surface area contributed by atoms with Gasteiger partial charge in [-0.05, 0) is 17.7 Å². The molecule has 0 N–H and O–H groups in total. The SMILES string of the molecule is CC(=O)N(CC(=O)N1CCN(c2ccccc2F)CC1)Cc1ccccc1. The van der Waals surface area contributed by atoms with Crippen LogP contribution in [0.2, 0.25) is 0 Å². The summed E-state index contributed by atoms with van der Waals surface area (Å²) in [7, 11) is 0. The number of carbonyl (C=O) groups is 2. The molecule has 1 aliphatic heterocycles. The molecule has 1 saturated heterocycles. The Morgan fingerprint density at radius 2 is 1.59 bits per heavy atom. The fraction of sp³-hybridized carbons (Fsp3) is 0.333. The molecule has 6 heteroatoms. The van der Waals surface area contributed by atoms with Gasteiger partial charge in [-0.15, -0.1) is 0 Å². The summed E-state index contributed by atoms with van der Waals surface area (Å²) < 4.78 is 13.9. The van der Waals surface area contributed by atoms with Gasteiger partial charge in [0.1, 0.15) is 12.4 Å². The van der Waals surface area contributed by atoms with E-state index in [0.717, 1.165) is 5.56 Å². The standard InChI is InChI=1S/C21H24FN3O2/c1-17(26)25(15-18-7-3-2-4-8-18)16-21(27)24-13-11-23(12-14-24)20-10-6-5-9-19(20)22/h2-10H,11-16H2,1H3. The second-order valence-corrected chi connectivity index (χ2v) is 6.68. The Labute approximate surface area is 159 Å². The molecule has 0 bridgehead atoms. The molecule has 0 aromatic heterocycles. The third-order valence-electron chi connectivity index (χ3n) is 4.81. The van der Waals surface area contributed by atoms with E-state index in [4.69, 9.17) is 0 Å². The summed E-state index contributed by atoms with van der Waals surface area (Å²) in [6.07, 6.45) is 0. The fourth-order valence-electron chi connectivity index (χ4n) is 3.25. The fourth-order valence-corrected chi connectivity index (χ4v) is 3.25. The van der Waals surface area contributed by atoms with Crippen LogP contribution in [0.3, 0.4) is 0 Å². The lowest BCUT2D eigenvalue weighted by molar-refractivity contribution is -0.140. The van der Waals surface area contributed by atoms with Crippen LogP contribution in [0.4, 0.5) is 10.1 Å². The summed E-state index contributed by atoms with van der Waals surface area (Å²) in [4.78, 5) is 29.9. The minimum absolute atomic E-state index is 0.0595. The third kappa shape index (κ3) is 4.84. The van der Waals surface area contributed by atoms with Gasteiger partial charge in [0, 0.05) is 39.6 Å². The number of hydrogen-bond donors (Lipinski definition) is 0. The van der Waals surface area contributed by atoms with Gasteiger partial charge in [0.25, 0.3) is 0 Å². The Bertz CT molecular complexity index is 789. The Balaban J connectivity index is 1.56. The average molecular weight is 369 g/mol. The largest absolute Gasteiger partial charge is 0.366 e. The van der Waals surface area contributed by atoms with Crippen LogP contribution in [0.5, 0.6) is 0 Å². The normalized spacial score (nSPS) is 14.1. The first-order valence-electron chi connectivity index (χ1n) is 9.11. The number of para-hydroxylation sites is 1. The first kappa shape index (κ1) is 18.9. The van der Waals surface area contributed by atoms with Gasteiger partial charge in [-0.2, -0.15) is 0 Å². The highest BCUT2D eigenvalue weighted by molar-refractivity contribution is 5.84. The van der Waals surface area contributed by atoms with Crippen LogP contribution in [0.15, 0.2) is 54.6 Å². The zero-order valence-electron chi connectivity index (χ0n) is 15.5. The van der Waals surface area contributed by atoms with E-state index >= 15 is 0 Å². The molecule has 0 saturated carbocycles. The maximum absolute atomic E-state index is 13.9. The van der Waals surface area contributed by atoms with Crippen molar-refractivity contribution in [3.8, 4) is 0 Å². The van der Waals surface area contributed by atoms with E-state index in [2.05, 4.69) is 0 Å². The quantitative estimate of drug-likeness (QED) is 0.814. The summed E-state index contributed by atoms with van der Waals surface area (Å²) in [6.45, 7) is 4.14. The lowest BCUT2D eigenvalue weighted by atomic mass is 10.2. The van der Waals surface area contributed by atoms with Crippen molar-refractivity contribution < 1.29 is 14.0 Å². The first-order valence-corrected chi connectivity index (χ1v) is 9.11. The van der Waals surface area contributed by atoms with E-state index in [-0.39, 0.29) is 24.2 Å². The molecular formula is C21H24FN3O2. The Hall–Kier alpha value is -2.89. The van der Waals surface area contributed by atoms with Gasteiger partial charge in [0.05, 0.1) is 5.69 Å². The molecule has 2 aromatic rings. The average Bonchev–Trinajstić information content (AvgIpc) is 2.68. The Kier molecular flexibility index (Phi) is 6.06. The van der Waals surface area contributed by atoms with Crippen molar-refractivity contribution in [2.45, 2.75) is 13.5 Å². The van der Waals surface area contributed by atoms with Crippen molar-refractivity contribution in [1.29, 1.82) is 0 Å². The smallest absolute Gasteiger partial charge is 0.242 e. The molecule has 2 aromatic carbocycles. The summed E-state index contributed by atoms with van der Waals surface area (Å²) in [5.41, 5.74) is 1.56. The zero-order valence-corrected chi connectivity index (χ0v) is 15.5. The van der Waals surface area contributed by atoms with Crippen molar-refractivity contribution in [2.24, 2.45) is 0 Å². The van der Waals surface area contributed by atoms with Crippen molar-refractivity contribution in [3.63, 3.8) is 0 Å². The third-order valence-corrected chi connectivity index (χ3v) is 4.81. The van der Waals surface area contributed by atoms with Gasteiger partial charge in [-0.1, -0.05) is 42.5 Å². The Morgan fingerprint density at radius 1 is 0.963 bits per heavy atom. The molecule has 0 atom stereocenters. The van der Waals surface area contributed by atoms with Gasteiger partial charge in [0.2, 0.25) is 11.8 Å². The monoisotopic (exact) mass is 369 g/mol. The molecule has 1 heterocycles. The van der Waals surface area contributed by atoms with Gasteiger partial charge in [0.15, 0.2) is 0 Å². The van der Waals surface area contributed by atoms with Gasteiger partial charge in [-0.3, -0.25) is 9.59 Å². The molecule has 1 aliphatic rings. The highest BCUT2D eigenvalue weighted by atomic mass is 19.1. The number of benzene rings is 2. The number of piperazine rings is 1. The van der Waals surface area contributed by atoms with Crippen molar-refractivity contribution in [3.05, 3.63) is 66.0 Å². The molecular weight excluding hydrogens is 345 g/mol. The number of rotatable bonds is 5. The second kappa shape index (κ2) is 8.66. The van der Waals surface area contributed by atoms with Crippen LogP contribution in [0.1, 0.15) is 12.5 Å². The van der Waals surface area contributed by atoms with Gasteiger partial charge < -0.3 is 14.7 Å². The summed E-state index contributed by atoms with van der Waals surface area (Å²) in [5, 5.41) is 0. The lowest BCUT2D eigenvalue weighted by Gasteiger charge is -2.37. The van der Waals surface area contributed by atoms with Crippen LogP contribution in [-0.2, 0) is 16.1 Å². The van der Waals surface area contributed by atoms with Gasteiger partial charge >= 0.3 is 0 Å². The van der Waals surface area contributed by atoms with E-state index in [1.807, 2.05) is 41.3 Å². The highest BCUT2D eigenvalue weighted by Crippen LogP contribution is 2.20. The summed E-state index contributed by atoms with van der Waals surface area (Å²) >= 11 is 0. The molecule has 5 nitrogen and oxygen atoms in total. The van der Waals surface area contributed by atoms with E-state index < -0.39 is 0 Å². The number of amides is 2. The molecule has 0 aliphatic carbocycles. The number of hydrogen-bond acceptors (Lipinski definition) is 3. The molecule has 0 unspecified atom stereocenters. The number of nitrogens with zero attached hydrogens (tertiary/aromatic N) is 3. The first-order chi connectivity index (χ1) is 13.0. The highest BCUT2D eigenvalue weighted by Gasteiger charge is 2.24. The number of halogens is 1. The lowest BCUT2D eigenvalue weighted by Crippen LogP contribution is -2.51. The van der Waals surface area contributed by atoms with Crippen molar-refractivity contribution >= 4 is 17.5 Å². The van der Waals surface area contributed by atoms with Crippen LogP contribution in [-0.4, -0.2) is 54.3 Å². The molecule has 142 valence electrons. The molecule has 1 fully saturated rings. The van der Waals surface area contributed by atoms with E-state index in [9.17, 15) is 14.0 Å². The number of carbonyl (C=O) groups excluding carboxylic acids is 2. The van der Waals surface area contributed by atoms with Crippen LogP contribution < -0.4 is 4.90 Å². The molecule has 27 heavy (non-hydrogen) atoms. The predicted octanol–water partition coefficient (Wildman–Crippen LogP) is 2.52. The zero-order chi connectivity index (χ0) is 19.2. The maximum Gasteiger partial charge on any atom is 0.242 e. The Morgan fingerprint density at radius 3 is 2.22 bits per heavy atom. The van der Waals surface area contributed by atoms with E-state index in [1.54, 1.807) is 21.9 Å². The van der Waals surface area contributed by atoms with E-state index in [0.29, 0.717) is 38.4 Å². The number of anilines is 1. The molecule has 0 radical (unpaired) electrons. The van der Waals surface area contributed by atoms with E-state index in [1.165, 1.54) is 13.0 Å². The minimum Gasteiger partial charge on any atom is -0.366 e. The maximum atomic E-state index is 13.9. The second-order valence-electron chi connectivity index (χ2n) is 6.68. The topological polar surface area (TPSA) is 43.9 Å².